The van der Waals surface area contributed by atoms with Crippen LogP contribution in [0.5, 0.6) is 0 Å². The molecular weight excluding hydrogens is 308 g/mol. The van der Waals surface area contributed by atoms with E-state index in [9.17, 15) is 14.4 Å². The van der Waals surface area contributed by atoms with Crippen LogP contribution in [0.2, 0.25) is 0 Å². The maximum atomic E-state index is 12.4. The molecule has 1 atom stereocenters. The number of hydrogen-bond acceptors (Lipinski definition) is 6. The van der Waals surface area contributed by atoms with Crippen LogP contribution in [0.25, 0.3) is 0 Å². The molecule has 1 aliphatic rings. The number of alkyl carbamates (subject to hydrolysis) is 1. The van der Waals surface area contributed by atoms with E-state index in [1.54, 1.807) is 37.4 Å². The van der Waals surface area contributed by atoms with E-state index in [0.29, 0.717) is 12.4 Å². The number of nitrogens with zero attached hydrogens (tertiary/aromatic N) is 1. The van der Waals surface area contributed by atoms with Gasteiger partial charge < -0.3 is 26.0 Å². The molecule has 0 aliphatic carbocycles. The summed E-state index contributed by atoms with van der Waals surface area (Å²) in [5.41, 5.74) is 4.57. The van der Waals surface area contributed by atoms with Crippen molar-refractivity contribution in [3.8, 4) is 0 Å². The average Bonchev–Trinajstić information content (AvgIpc) is 2.88. The van der Waals surface area contributed by atoms with Crippen LogP contribution < -0.4 is 16.4 Å². The Kier molecular flexibility index (Phi) is 6.95. The number of rotatable bonds is 5. The SMILES string of the molecule is CC(C)(C)OC(=O)N[C@@H](CC(=O)NCN)C(=O)N1CCSC1. The summed E-state index contributed by atoms with van der Waals surface area (Å²) >= 11 is 1.63. The van der Waals surface area contributed by atoms with Crippen molar-refractivity contribution in [2.24, 2.45) is 5.73 Å². The first-order chi connectivity index (χ1) is 10.2. The van der Waals surface area contributed by atoms with Crippen molar-refractivity contribution in [3.05, 3.63) is 0 Å². The lowest BCUT2D eigenvalue weighted by Crippen LogP contribution is -2.51. The molecule has 0 bridgehead atoms. The van der Waals surface area contributed by atoms with E-state index in [-0.39, 0.29) is 19.0 Å². The van der Waals surface area contributed by atoms with E-state index in [2.05, 4.69) is 10.6 Å². The zero-order valence-electron chi connectivity index (χ0n) is 13.2. The highest BCUT2D eigenvalue weighted by Crippen LogP contribution is 2.15. The lowest BCUT2D eigenvalue weighted by molar-refractivity contribution is -0.134. The van der Waals surface area contributed by atoms with Crippen LogP contribution in [0.3, 0.4) is 0 Å². The summed E-state index contributed by atoms with van der Waals surface area (Å²) in [6, 6.07) is -0.958. The van der Waals surface area contributed by atoms with Gasteiger partial charge in [-0.1, -0.05) is 0 Å². The number of amides is 3. The van der Waals surface area contributed by atoms with Crippen LogP contribution in [0.4, 0.5) is 4.79 Å². The number of carbonyl (C=O) groups excluding carboxylic acids is 3. The molecule has 0 spiro atoms. The monoisotopic (exact) mass is 332 g/mol. The maximum Gasteiger partial charge on any atom is 0.408 e. The van der Waals surface area contributed by atoms with Crippen molar-refractivity contribution in [3.63, 3.8) is 0 Å². The van der Waals surface area contributed by atoms with E-state index in [1.165, 1.54) is 0 Å². The highest BCUT2D eigenvalue weighted by Gasteiger charge is 2.31. The van der Waals surface area contributed by atoms with Crippen molar-refractivity contribution in [1.82, 2.24) is 15.5 Å². The van der Waals surface area contributed by atoms with Gasteiger partial charge in [0.1, 0.15) is 11.6 Å². The van der Waals surface area contributed by atoms with Crippen molar-refractivity contribution < 1.29 is 19.1 Å². The summed E-state index contributed by atoms with van der Waals surface area (Å²) in [6.45, 7) is 5.76. The Balaban J connectivity index is 2.70. The standard InChI is InChI=1S/C13H24N4O4S/c1-13(2,3)21-12(20)16-9(6-10(18)15-7-14)11(19)17-4-5-22-8-17/h9H,4-8,14H2,1-3H3,(H,15,18)(H,16,20)/t9-/m0/s1. The molecular formula is C13H24N4O4S. The number of carbonyl (C=O) groups is 3. The lowest BCUT2D eigenvalue weighted by Gasteiger charge is -2.25. The van der Waals surface area contributed by atoms with Gasteiger partial charge in [0, 0.05) is 12.3 Å². The fourth-order valence-electron chi connectivity index (χ4n) is 1.83. The fourth-order valence-corrected chi connectivity index (χ4v) is 2.78. The van der Waals surface area contributed by atoms with Gasteiger partial charge in [-0.25, -0.2) is 4.79 Å². The van der Waals surface area contributed by atoms with Gasteiger partial charge in [-0.05, 0) is 20.8 Å². The van der Waals surface area contributed by atoms with E-state index < -0.39 is 23.6 Å². The predicted molar refractivity (Wildman–Crippen MR) is 84.0 cm³/mol. The average molecular weight is 332 g/mol. The van der Waals surface area contributed by atoms with Gasteiger partial charge in [-0.3, -0.25) is 9.59 Å². The summed E-state index contributed by atoms with van der Waals surface area (Å²) in [5.74, 6) is 0.718. The van der Waals surface area contributed by atoms with Gasteiger partial charge in [0.2, 0.25) is 11.8 Å². The van der Waals surface area contributed by atoms with Crippen molar-refractivity contribution in [2.45, 2.75) is 38.8 Å². The Bertz CT molecular complexity index is 419. The zero-order chi connectivity index (χ0) is 16.8. The summed E-state index contributed by atoms with van der Waals surface area (Å²) in [5, 5.41) is 4.89. The van der Waals surface area contributed by atoms with E-state index >= 15 is 0 Å². The number of nitrogens with two attached hydrogens (primary N) is 1. The van der Waals surface area contributed by atoms with Crippen LogP contribution in [0, 0.1) is 0 Å². The van der Waals surface area contributed by atoms with Crippen LogP contribution in [0.1, 0.15) is 27.2 Å². The molecule has 0 radical (unpaired) electrons. The largest absolute Gasteiger partial charge is 0.444 e. The molecule has 4 N–H and O–H groups in total. The summed E-state index contributed by atoms with van der Waals surface area (Å²) < 4.78 is 5.14. The molecule has 3 amide bonds. The van der Waals surface area contributed by atoms with Gasteiger partial charge in [-0.15, -0.1) is 11.8 Å². The molecule has 1 rings (SSSR count). The molecule has 0 aromatic carbocycles. The minimum atomic E-state index is -0.958. The van der Waals surface area contributed by atoms with Gasteiger partial charge in [-0.2, -0.15) is 0 Å². The molecule has 1 fully saturated rings. The molecule has 8 nitrogen and oxygen atoms in total. The third-order valence-electron chi connectivity index (χ3n) is 2.74. The highest BCUT2D eigenvalue weighted by molar-refractivity contribution is 7.99. The van der Waals surface area contributed by atoms with Crippen LogP contribution in [0.15, 0.2) is 0 Å². The topological polar surface area (TPSA) is 114 Å². The molecule has 1 heterocycles. The van der Waals surface area contributed by atoms with Crippen molar-refractivity contribution in [1.29, 1.82) is 0 Å². The normalized spacial score (nSPS) is 16.1. The molecule has 22 heavy (non-hydrogen) atoms. The zero-order valence-corrected chi connectivity index (χ0v) is 14.0. The van der Waals surface area contributed by atoms with Crippen molar-refractivity contribution >= 4 is 29.7 Å². The first-order valence-electron chi connectivity index (χ1n) is 7.05. The molecule has 0 aromatic heterocycles. The molecule has 0 saturated carbocycles. The number of thioether (sulfide) groups is 1. The lowest BCUT2D eigenvalue weighted by atomic mass is 10.1. The Hall–Kier alpha value is -1.48. The van der Waals surface area contributed by atoms with Crippen LogP contribution in [-0.2, 0) is 14.3 Å². The number of nitrogens with one attached hydrogen (secondary N) is 2. The second kappa shape index (κ2) is 8.23. The summed E-state index contributed by atoms with van der Waals surface area (Å²) in [6.07, 6.45) is -0.894. The second-order valence-corrected chi connectivity index (χ2v) is 6.92. The smallest absolute Gasteiger partial charge is 0.408 e. The first kappa shape index (κ1) is 18.6. The first-order valence-corrected chi connectivity index (χ1v) is 8.21. The fraction of sp³-hybridized carbons (Fsp3) is 0.769. The van der Waals surface area contributed by atoms with Crippen LogP contribution in [-0.4, -0.2) is 59.3 Å². The Morgan fingerprint density at radius 3 is 2.55 bits per heavy atom. The van der Waals surface area contributed by atoms with Gasteiger partial charge in [0.15, 0.2) is 0 Å². The molecule has 0 aromatic rings. The quantitative estimate of drug-likeness (QED) is 0.603. The van der Waals surface area contributed by atoms with E-state index in [4.69, 9.17) is 10.5 Å². The minimum Gasteiger partial charge on any atom is -0.444 e. The Labute approximate surface area is 134 Å². The summed E-state index contributed by atoms with van der Waals surface area (Å²) in [7, 11) is 0. The third-order valence-corrected chi connectivity index (χ3v) is 3.71. The maximum absolute atomic E-state index is 12.4. The number of ether oxygens (including phenoxy) is 1. The molecule has 1 aliphatic heterocycles. The highest BCUT2D eigenvalue weighted by atomic mass is 32.2. The molecule has 1 saturated heterocycles. The number of hydrogen-bond donors (Lipinski definition) is 3. The summed E-state index contributed by atoms with van der Waals surface area (Å²) in [4.78, 5) is 37.6. The van der Waals surface area contributed by atoms with Crippen LogP contribution >= 0.6 is 11.8 Å². The van der Waals surface area contributed by atoms with E-state index in [0.717, 1.165) is 5.75 Å². The molecule has 9 heteroatoms. The predicted octanol–water partition coefficient (Wildman–Crippen LogP) is -0.165. The van der Waals surface area contributed by atoms with Crippen molar-refractivity contribution in [2.75, 3.05) is 24.8 Å². The second-order valence-electron chi connectivity index (χ2n) is 5.85. The molecule has 126 valence electrons. The van der Waals surface area contributed by atoms with Gasteiger partial charge in [0.05, 0.1) is 19.0 Å². The minimum absolute atomic E-state index is 0.0221. The third kappa shape index (κ3) is 6.52. The van der Waals surface area contributed by atoms with Gasteiger partial charge in [0.25, 0.3) is 0 Å². The molecule has 0 unspecified atom stereocenters. The Morgan fingerprint density at radius 1 is 1.36 bits per heavy atom. The van der Waals surface area contributed by atoms with Gasteiger partial charge >= 0.3 is 6.09 Å². The van der Waals surface area contributed by atoms with E-state index in [1.807, 2.05) is 0 Å². The Morgan fingerprint density at radius 2 is 2.05 bits per heavy atom.